The second-order valence-corrected chi connectivity index (χ2v) is 8.28. The zero-order valence-corrected chi connectivity index (χ0v) is 19.7. The van der Waals surface area contributed by atoms with Crippen molar-refractivity contribution in [2.24, 2.45) is 0 Å². The fourth-order valence-electron chi connectivity index (χ4n) is 3.39. The van der Waals surface area contributed by atoms with Gasteiger partial charge in [0, 0.05) is 5.69 Å². The predicted octanol–water partition coefficient (Wildman–Crippen LogP) is 4.01. The Kier molecular flexibility index (Phi) is 6.09. The first-order valence-corrected chi connectivity index (χ1v) is 10.7. The summed E-state index contributed by atoms with van der Waals surface area (Å²) in [5, 5.41) is 26.0. The van der Waals surface area contributed by atoms with Crippen molar-refractivity contribution in [2.45, 2.75) is 33.9 Å². The largest absolute Gasteiger partial charge is 0.389 e. The van der Waals surface area contributed by atoms with Crippen molar-refractivity contribution >= 4 is 33.3 Å². The van der Waals surface area contributed by atoms with Gasteiger partial charge in [-0.15, -0.1) is 0 Å². The summed E-state index contributed by atoms with van der Waals surface area (Å²) in [6.07, 6.45) is 1.47. The number of aryl methyl sites for hydroxylation is 2. The van der Waals surface area contributed by atoms with Gasteiger partial charge in [0.2, 0.25) is 0 Å². The highest BCUT2D eigenvalue weighted by Gasteiger charge is 2.22. The molecule has 0 unspecified atom stereocenters. The van der Waals surface area contributed by atoms with E-state index < -0.39 is 10.8 Å². The first kappa shape index (κ1) is 22.4. The van der Waals surface area contributed by atoms with Gasteiger partial charge >= 0.3 is 5.82 Å². The zero-order valence-electron chi connectivity index (χ0n) is 18.1. The number of hydrogen-bond donors (Lipinski definition) is 1. The fourth-order valence-corrected chi connectivity index (χ4v) is 3.68. The smallest absolute Gasteiger partial charge is 0.361 e. The second-order valence-electron chi connectivity index (χ2n) is 7.49. The lowest BCUT2D eigenvalue weighted by atomic mass is 10.1. The Balaban J connectivity index is 1.51. The molecule has 0 radical (unpaired) electrons. The molecular formula is C21H20BrN7O4. The number of nitrogens with zero attached hydrogens (tertiary/aromatic N) is 6. The molecule has 0 saturated carbocycles. The summed E-state index contributed by atoms with van der Waals surface area (Å²) < 4.78 is 9.44. The number of anilines is 1. The standard InChI is InChI=1S/C21H20BrN7O4/c1-12-19(22)13(2)28(24-12)10-15-5-4-6-16(9-15)23-21(30)20-17(14(3)33-26-20)11-27-8-7-18(25-27)29(31)32/h4-9H,10-11H2,1-3H3,(H,23,30). The molecule has 12 heteroatoms. The first-order chi connectivity index (χ1) is 15.7. The minimum atomic E-state index is -0.581. The van der Waals surface area contributed by atoms with E-state index in [1.807, 2.05) is 36.7 Å². The van der Waals surface area contributed by atoms with Gasteiger partial charge in [-0.05, 0) is 59.3 Å². The number of nitrogens with one attached hydrogen (secondary N) is 1. The van der Waals surface area contributed by atoms with Crippen LogP contribution in [0.15, 0.2) is 45.5 Å². The number of nitro groups is 1. The van der Waals surface area contributed by atoms with Crippen LogP contribution in [-0.2, 0) is 13.1 Å². The van der Waals surface area contributed by atoms with Crippen LogP contribution >= 0.6 is 15.9 Å². The predicted molar refractivity (Wildman–Crippen MR) is 122 cm³/mol. The van der Waals surface area contributed by atoms with E-state index in [1.165, 1.54) is 16.9 Å². The topological polar surface area (TPSA) is 134 Å². The van der Waals surface area contributed by atoms with Gasteiger partial charge in [-0.3, -0.25) is 9.48 Å². The van der Waals surface area contributed by atoms with Gasteiger partial charge in [0.1, 0.15) is 5.76 Å². The van der Waals surface area contributed by atoms with Crippen LogP contribution in [0.4, 0.5) is 11.5 Å². The molecule has 1 N–H and O–H groups in total. The fraction of sp³-hybridized carbons (Fsp3) is 0.238. The van der Waals surface area contributed by atoms with E-state index in [4.69, 9.17) is 4.52 Å². The van der Waals surface area contributed by atoms with Gasteiger partial charge < -0.3 is 20.0 Å². The molecule has 170 valence electrons. The molecule has 0 atom stereocenters. The van der Waals surface area contributed by atoms with Crippen molar-refractivity contribution in [3.8, 4) is 0 Å². The molecule has 0 spiro atoms. The van der Waals surface area contributed by atoms with E-state index in [9.17, 15) is 14.9 Å². The highest BCUT2D eigenvalue weighted by molar-refractivity contribution is 9.10. The SMILES string of the molecule is Cc1nn(Cc2cccc(NC(=O)c3noc(C)c3Cn3ccc([N+](=O)[O-])n3)c2)c(C)c1Br. The molecule has 4 rings (SSSR count). The molecule has 0 aliphatic carbocycles. The average Bonchev–Trinajstić information content (AvgIpc) is 3.45. The molecular weight excluding hydrogens is 494 g/mol. The van der Waals surface area contributed by atoms with E-state index >= 15 is 0 Å². The second kappa shape index (κ2) is 8.98. The highest BCUT2D eigenvalue weighted by Crippen LogP contribution is 2.22. The number of amides is 1. The summed E-state index contributed by atoms with van der Waals surface area (Å²) in [4.78, 5) is 23.2. The van der Waals surface area contributed by atoms with E-state index in [-0.39, 0.29) is 18.1 Å². The number of hydrogen-bond acceptors (Lipinski definition) is 7. The van der Waals surface area contributed by atoms with Crippen LogP contribution in [0.5, 0.6) is 0 Å². The minimum absolute atomic E-state index is 0.0959. The van der Waals surface area contributed by atoms with Crippen molar-refractivity contribution in [3.05, 3.63) is 85.1 Å². The molecule has 0 aliphatic heterocycles. The Bertz CT molecular complexity index is 1350. The van der Waals surface area contributed by atoms with Gasteiger partial charge in [0.05, 0.1) is 51.9 Å². The van der Waals surface area contributed by atoms with Crippen molar-refractivity contribution in [1.29, 1.82) is 0 Å². The van der Waals surface area contributed by atoms with Crippen molar-refractivity contribution in [3.63, 3.8) is 0 Å². The lowest BCUT2D eigenvalue weighted by molar-refractivity contribution is -0.389. The van der Waals surface area contributed by atoms with Gasteiger partial charge in [-0.2, -0.15) is 9.78 Å². The maximum Gasteiger partial charge on any atom is 0.389 e. The van der Waals surface area contributed by atoms with Crippen LogP contribution in [0.1, 0.15) is 38.8 Å². The average molecular weight is 514 g/mol. The number of aromatic nitrogens is 5. The summed E-state index contributed by atoms with van der Waals surface area (Å²) in [7, 11) is 0. The van der Waals surface area contributed by atoms with Crippen LogP contribution in [0.25, 0.3) is 0 Å². The number of carbonyl (C=O) groups excluding carboxylic acids is 1. The van der Waals surface area contributed by atoms with Crippen molar-refractivity contribution < 1.29 is 14.2 Å². The monoisotopic (exact) mass is 513 g/mol. The number of rotatable bonds is 7. The lowest BCUT2D eigenvalue weighted by Gasteiger charge is -2.09. The molecule has 0 saturated heterocycles. The number of carbonyl (C=O) groups is 1. The normalized spacial score (nSPS) is 11.0. The van der Waals surface area contributed by atoms with Gasteiger partial charge in [-0.25, -0.2) is 0 Å². The van der Waals surface area contributed by atoms with Crippen molar-refractivity contribution in [1.82, 2.24) is 24.7 Å². The third-order valence-electron chi connectivity index (χ3n) is 5.14. The van der Waals surface area contributed by atoms with E-state index in [0.717, 1.165) is 21.4 Å². The van der Waals surface area contributed by atoms with Gasteiger partial charge in [0.15, 0.2) is 5.69 Å². The number of halogens is 1. The molecule has 33 heavy (non-hydrogen) atoms. The summed E-state index contributed by atoms with van der Waals surface area (Å²) in [6, 6.07) is 8.74. The molecule has 0 aliphatic rings. The minimum Gasteiger partial charge on any atom is -0.361 e. The molecule has 1 amide bonds. The van der Waals surface area contributed by atoms with Gasteiger partial charge in [0.25, 0.3) is 5.91 Å². The van der Waals surface area contributed by atoms with Gasteiger partial charge in [-0.1, -0.05) is 17.3 Å². The Morgan fingerprint density at radius 3 is 2.67 bits per heavy atom. The van der Waals surface area contributed by atoms with Crippen LogP contribution in [0, 0.1) is 30.9 Å². The maximum absolute atomic E-state index is 12.9. The Morgan fingerprint density at radius 2 is 2.00 bits per heavy atom. The zero-order chi connectivity index (χ0) is 23.7. The Morgan fingerprint density at radius 1 is 1.21 bits per heavy atom. The number of benzene rings is 1. The van der Waals surface area contributed by atoms with E-state index in [1.54, 1.807) is 13.0 Å². The molecule has 4 aromatic rings. The molecule has 11 nitrogen and oxygen atoms in total. The van der Waals surface area contributed by atoms with Crippen LogP contribution in [-0.4, -0.2) is 35.5 Å². The molecule has 1 aromatic carbocycles. The maximum atomic E-state index is 12.9. The third-order valence-corrected chi connectivity index (χ3v) is 6.29. The summed E-state index contributed by atoms with van der Waals surface area (Å²) in [6.45, 7) is 6.25. The highest BCUT2D eigenvalue weighted by atomic mass is 79.9. The summed E-state index contributed by atoms with van der Waals surface area (Å²) in [5.41, 5.74) is 4.08. The van der Waals surface area contributed by atoms with E-state index in [0.29, 0.717) is 23.6 Å². The van der Waals surface area contributed by atoms with E-state index in [2.05, 4.69) is 36.6 Å². The molecule has 3 aromatic heterocycles. The molecule has 0 bridgehead atoms. The lowest BCUT2D eigenvalue weighted by Crippen LogP contribution is -2.16. The Labute approximate surface area is 196 Å². The Hall–Kier alpha value is -3.80. The molecule has 3 heterocycles. The summed E-state index contributed by atoms with van der Waals surface area (Å²) in [5.74, 6) is -0.293. The van der Waals surface area contributed by atoms with Crippen LogP contribution < -0.4 is 5.32 Å². The third kappa shape index (κ3) is 4.70. The van der Waals surface area contributed by atoms with Crippen LogP contribution in [0.2, 0.25) is 0 Å². The molecule has 0 fully saturated rings. The van der Waals surface area contributed by atoms with Crippen LogP contribution in [0.3, 0.4) is 0 Å². The quantitative estimate of drug-likeness (QED) is 0.291. The van der Waals surface area contributed by atoms with Crippen molar-refractivity contribution in [2.75, 3.05) is 5.32 Å². The first-order valence-electron chi connectivity index (χ1n) is 9.95. The summed E-state index contributed by atoms with van der Waals surface area (Å²) >= 11 is 3.53.